The predicted molar refractivity (Wildman–Crippen MR) is 55.8 cm³/mol. The lowest BCUT2D eigenvalue weighted by molar-refractivity contribution is 0.0860. The molecule has 1 rings (SSSR count). The number of amides is 1. The molecule has 1 saturated heterocycles. The third-order valence-electron chi connectivity index (χ3n) is 2.31. The van der Waals surface area contributed by atoms with E-state index in [0.717, 1.165) is 4.90 Å². The minimum Gasteiger partial charge on any atom is -0.465 e. The second kappa shape index (κ2) is 4.35. The van der Waals surface area contributed by atoms with Gasteiger partial charge in [0.05, 0.1) is 6.54 Å². The van der Waals surface area contributed by atoms with Crippen molar-refractivity contribution in [2.75, 3.05) is 13.1 Å². The first-order valence-corrected chi connectivity index (χ1v) is 5.17. The van der Waals surface area contributed by atoms with E-state index in [4.69, 9.17) is 5.11 Å². The average Bonchev–Trinajstić information content (AvgIpc) is 1.99. The van der Waals surface area contributed by atoms with Crippen molar-refractivity contribution in [3.63, 3.8) is 0 Å². The highest BCUT2D eigenvalue weighted by molar-refractivity contribution is 5.65. The number of carboxylic acid groups (broad SMARTS) is 1. The van der Waals surface area contributed by atoms with E-state index in [-0.39, 0.29) is 18.1 Å². The molecule has 15 heavy (non-hydrogen) atoms. The van der Waals surface area contributed by atoms with Crippen LogP contribution in [0.5, 0.6) is 0 Å². The van der Waals surface area contributed by atoms with E-state index in [2.05, 4.69) is 5.32 Å². The fraction of sp³-hybridized carbons (Fsp3) is 0.900. The maximum Gasteiger partial charge on any atom is 0.407 e. The summed E-state index contributed by atoms with van der Waals surface area (Å²) < 4.78 is 13.3. The fourth-order valence-corrected chi connectivity index (χ4v) is 1.91. The Bertz CT molecular complexity index is 240. The van der Waals surface area contributed by atoms with Crippen molar-refractivity contribution >= 4 is 6.09 Å². The molecule has 0 aromatic heterocycles. The fourth-order valence-electron chi connectivity index (χ4n) is 1.91. The van der Waals surface area contributed by atoms with Crippen molar-refractivity contribution in [2.24, 2.45) is 0 Å². The SMILES string of the molecule is CC(C)(C)N[C@@H]1C[C@@H](F)CN(C(=O)O)C1. The van der Waals surface area contributed by atoms with Gasteiger partial charge >= 0.3 is 6.09 Å². The summed E-state index contributed by atoms with van der Waals surface area (Å²) in [7, 11) is 0. The van der Waals surface area contributed by atoms with Crippen molar-refractivity contribution in [3.8, 4) is 0 Å². The second-order valence-electron chi connectivity index (χ2n) is 5.11. The molecule has 1 aliphatic rings. The normalized spacial score (nSPS) is 27.9. The minimum absolute atomic E-state index is 0.00233. The molecule has 0 bridgehead atoms. The summed E-state index contributed by atoms with van der Waals surface area (Å²) in [6.07, 6.45) is -1.71. The zero-order valence-corrected chi connectivity index (χ0v) is 9.46. The monoisotopic (exact) mass is 218 g/mol. The predicted octanol–water partition coefficient (Wildman–Crippen LogP) is 1.46. The first-order chi connectivity index (χ1) is 6.78. The zero-order chi connectivity index (χ0) is 11.6. The van der Waals surface area contributed by atoms with Gasteiger partial charge in [0.2, 0.25) is 0 Å². The summed E-state index contributed by atoms with van der Waals surface area (Å²) in [5.74, 6) is 0. The molecule has 5 heteroatoms. The Hall–Kier alpha value is -0.840. The van der Waals surface area contributed by atoms with Gasteiger partial charge in [0.25, 0.3) is 0 Å². The Morgan fingerprint density at radius 1 is 1.47 bits per heavy atom. The van der Waals surface area contributed by atoms with Crippen LogP contribution in [0.4, 0.5) is 9.18 Å². The lowest BCUT2D eigenvalue weighted by atomic mass is 10.00. The third kappa shape index (κ3) is 4.03. The van der Waals surface area contributed by atoms with Crippen molar-refractivity contribution < 1.29 is 14.3 Å². The largest absolute Gasteiger partial charge is 0.465 e. The van der Waals surface area contributed by atoms with E-state index in [9.17, 15) is 9.18 Å². The summed E-state index contributed by atoms with van der Waals surface area (Å²) in [5, 5.41) is 12.0. The summed E-state index contributed by atoms with van der Waals surface area (Å²) in [4.78, 5) is 11.9. The maximum atomic E-state index is 13.3. The third-order valence-corrected chi connectivity index (χ3v) is 2.31. The van der Waals surface area contributed by atoms with E-state index < -0.39 is 12.3 Å². The van der Waals surface area contributed by atoms with Crippen LogP contribution in [-0.2, 0) is 0 Å². The number of likely N-dealkylation sites (tertiary alicyclic amines) is 1. The van der Waals surface area contributed by atoms with Gasteiger partial charge in [-0.2, -0.15) is 0 Å². The zero-order valence-electron chi connectivity index (χ0n) is 9.46. The molecule has 0 spiro atoms. The summed E-state index contributed by atoms with van der Waals surface area (Å²) in [6, 6.07) is -0.0927. The molecular weight excluding hydrogens is 199 g/mol. The number of nitrogens with zero attached hydrogens (tertiary/aromatic N) is 1. The van der Waals surface area contributed by atoms with Gasteiger partial charge in [0.15, 0.2) is 0 Å². The van der Waals surface area contributed by atoms with E-state index in [1.807, 2.05) is 20.8 Å². The highest BCUT2D eigenvalue weighted by atomic mass is 19.1. The van der Waals surface area contributed by atoms with Crippen LogP contribution in [0.2, 0.25) is 0 Å². The molecule has 2 atom stereocenters. The molecule has 0 aromatic rings. The average molecular weight is 218 g/mol. The molecule has 4 nitrogen and oxygen atoms in total. The van der Waals surface area contributed by atoms with Crippen molar-refractivity contribution in [1.29, 1.82) is 0 Å². The van der Waals surface area contributed by atoms with Crippen LogP contribution in [0.1, 0.15) is 27.2 Å². The number of hydrogen-bond donors (Lipinski definition) is 2. The van der Waals surface area contributed by atoms with Gasteiger partial charge in [-0.3, -0.25) is 0 Å². The van der Waals surface area contributed by atoms with Gasteiger partial charge in [-0.05, 0) is 27.2 Å². The Morgan fingerprint density at radius 3 is 2.53 bits per heavy atom. The minimum atomic E-state index is -1.06. The lowest BCUT2D eigenvalue weighted by Gasteiger charge is -2.37. The maximum absolute atomic E-state index is 13.3. The van der Waals surface area contributed by atoms with Crippen LogP contribution in [-0.4, -0.2) is 46.9 Å². The Labute approximate surface area is 89.4 Å². The molecule has 1 amide bonds. The molecule has 1 aliphatic heterocycles. The number of nitrogens with one attached hydrogen (secondary N) is 1. The molecular formula is C10H19FN2O2. The Kier molecular flexibility index (Phi) is 3.54. The molecule has 0 unspecified atom stereocenters. The summed E-state index contributed by atoms with van der Waals surface area (Å²) >= 11 is 0. The first-order valence-electron chi connectivity index (χ1n) is 5.17. The van der Waals surface area contributed by atoms with Crippen LogP contribution >= 0.6 is 0 Å². The molecule has 0 aromatic carbocycles. The van der Waals surface area contributed by atoms with Crippen LogP contribution in [0, 0.1) is 0 Å². The second-order valence-corrected chi connectivity index (χ2v) is 5.11. The number of halogens is 1. The highest BCUT2D eigenvalue weighted by Crippen LogP contribution is 2.16. The van der Waals surface area contributed by atoms with Gasteiger partial charge in [-0.1, -0.05) is 0 Å². The molecule has 1 fully saturated rings. The highest BCUT2D eigenvalue weighted by Gasteiger charge is 2.31. The Balaban J connectivity index is 2.56. The number of carbonyl (C=O) groups is 1. The molecule has 0 saturated carbocycles. The van der Waals surface area contributed by atoms with Crippen molar-refractivity contribution in [2.45, 2.75) is 44.9 Å². The Morgan fingerprint density at radius 2 is 2.07 bits per heavy atom. The van der Waals surface area contributed by atoms with Gasteiger partial charge in [0.1, 0.15) is 6.17 Å². The van der Waals surface area contributed by atoms with Gasteiger partial charge < -0.3 is 15.3 Å². The van der Waals surface area contributed by atoms with E-state index in [0.29, 0.717) is 13.0 Å². The molecule has 88 valence electrons. The van der Waals surface area contributed by atoms with Gasteiger partial charge in [0, 0.05) is 18.1 Å². The smallest absolute Gasteiger partial charge is 0.407 e. The standard InChI is InChI=1S/C10H19FN2O2/c1-10(2,3)12-8-4-7(11)5-13(6-8)9(14)15/h7-8,12H,4-6H2,1-3H3,(H,14,15)/t7-,8-/m1/s1. The molecule has 2 N–H and O–H groups in total. The summed E-state index contributed by atoms with van der Waals surface area (Å²) in [6.45, 7) is 6.32. The van der Waals surface area contributed by atoms with Crippen LogP contribution in [0.3, 0.4) is 0 Å². The van der Waals surface area contributed by atoms with E-state index >= 15 is 0 Å². The van der Waals surface area contributed by atoms with Crippen LogP contribution in [0.25, 0.3) is 0 Å². The van der Waals surface area contributed by atoms with Crippen molar-refractivity contribution in [1.82, 2.24) is 10.2 Å². The number of rotatable bonds is 1. The number of alkyl halides is 1. The van der Waals surface area contributed by atoms with Gasteiger partial charge in [-0.15, -0.1) is 0 Å². The summed E-state index contributed by atoms with van der Waals surface area (Å²) in [5.41, 5.74) is -0.119. The quantitative estimate of drug-likeness (QED) is 0.700. The van der Waals surface area contributed by atoms with Gasteiger partial charge in [-0.25, -0.2) is 9.18 Å². The number of hydrogen-bond acceptors (Lipinski definition) is 2. The van der Waals surface area contributed by atoms with Crippen LogP contribution in [0.15, 0.2) is 0 Å². The van der Waals surface area contributed by atoms with E-state index in [1.165, 1.54) is 0 Å². The van der Waals surface area contributed by atoms with Crippen molar-refractivity contribution in [3.05, 3.63) is 0 Å². The first kappa shape index (κ1) is 12.2. The molecule has 0 aliphatic carbocycles. The van der Waals surface area contributed by atoms with Crippen LogP contribution < -0.4 is 5.32 Å². The van der Waals surface area contributed by atoms with E-state index in [1.54, 1.807) is 0 Å². The lowest BCUT2D eigenvalue weighted by Crippen LogP contribution is -2.55. The molecule has 1 heterocycles. The molecule has 0 radical (unpaired) electrons. The number of piperidine rings is 1. The topological polar surface area (TPSA) is 52.6 Å².